The van der Waals surface area contributed by atoms with Gasteiger partial charge in [0, 0.05) is 42.8 Å². The number of nitrogens with one attached hydrogen (secondary N) is 1. The summed E-state index contributed by atoms with van der Waals surface area (Å²) in [4.78, 5) is 21.9. The number of ether oxygens (including phenoxy) is 1. The molecule has 2 atom stereocenters. The van der Waals surface area contributed by atoms with Gasteiger partial charge in [-0.1, -0.05) is 31.4 Å². The van der Waals surface area contributed by atoms with E-state index in [-0.39, 0.29) is 29.1 Å². The second-order valence-electron chi connectivity index (χ2n) is 10.5. The molecule has 1 aliphatic carbocycles. The number of fused-ring (bicyclic) bond motifs is 3. The fraction of sp³-hybridized carbons (Fsp3) is 0.552. The van der Waals surface area contributed by atoms with Crippen LogP contribution in [0.5, 0.6) is 11.5 Å². The summed E-state index contributed by atoms with van der Waals surface area (Å²) in [6.07, 6.45) is 13.1. The standard InChI is InChI=1S/C29H39N3O3/c1-5-6-7-10-20-18-23-26(21-17-19(2)12-13-22(21)29(3,4)35-23)27(33)25(20)28(34)32-14-8-11-24-30-15-9-16-31-24/h9,15-18,21-22,33H,5-8,10-14H2,1-4H3,(H,32,34)/t21-,22-/m1/s1. The molecule has 35 heavy (non-hydrogen) atoms. The minimum atomic E-state index is -0.328. The number of phenolic OH excluding ortho intramolecular Hbond substituents is 1. The normalized spacial score (nSPS) is 20.3. The molecule has 2 N–H and O–H groups in total. The van der Waals surface area contributed by atoms with Crippen molar-refractivity contribution in [2.45, 2.75) is 90.6 Å². The zero-order chi connectivity index (χ0) is 25.0. The molecule has 0 unspecified atom stereocenters. The molecular weight excluding hydrogens is 438 g/mol. The SMILES string of the molecule is CCCCCc1cc2c(c(O)c1C(=O)NCCCc1ncccn1)[C@@H]1C=C(C)CC[C@H]1C(C)(C)O2. The number of hydrogen-bond acceptors (Lipinski definition) is 5. The zero-order valence-electron chi connectivity index (χ0n) is 21.6. The quantitative estimate of drug-likeness (QED) is 0.348. The first-order chi connectivity index (χ1) is 16.8. The van der Waals surface area contributed by atoms with Crippen LogP contribution in [0, 0.1) is 5.92 Å². The minimum absolute atomic E-state index is 0.0500. The highest BCUT2D eigenvalue weighted by Crippen LogP contribution is 2.54. The van der Waals surface area contributed by atoms with Crippen molar-refractivity contribution in [3.63, 3.8) is 0 Å². The Morgan fingerprint density at radius 2 is 1.97 bits per heavy atom. The third-order valence-electron chi connectivity index (χ3n) is 7.49. The average Bonchev–Trinajstić information content (AvgIpc) is 2.82. The van der Waals surface area contributed by atoms with Crippen molar-refractivity contribution in [1.29, 1.82) is 0 Å². The molecule has 4 rings (SSSR count). The summed E-state index contributed by atoms with van der Waals surface area (Å²) in [6, 6.07) is 3.82. The Kier molecular flexibility index (Phi) is 7.78. The molecule has 1 amide bonds. The topological polar surface area (TPSA) is 84.3 Å². The summed E-state index contributed by atoms with van der Waals surface area (Å²) < 4.78 is 6.50. The van der Waals surface area contributed by atoms with E-state index in [1.807, 2.05) is 6.07 Å². The Balaban J connectivity index is 1.63. The van der Waals surface area contributed by atoms with E-state index in [0.29, 0.717) is 18.5 Å². The summed E-state index contributed by atoms with van der Waals surface area (Å²) in [5.74, 6) is 1.68. The minimum Gasteiger partial charge on any atom is -0.507 e. The van der Waals surface area contributed by atoms with Crippen LogP contribution >= 0.6 is 0 Å². The largest absolute Gasteiger partial charge is 0.507 e. The van der Waals surface area contributed by atoms with Gasteiger partial charge in [0.1, 0.15) is 22.9 Å². The highest BCUT2D eigenvalue weighted by molar-refractivity contribution is 5.99. The van der Waals surface area contributed by atoms with Crippen LogP contribution in [-0.4, -0.2) is 33.1 Å². The van der Waals surface area contributed by atoms with Crippen LogP contribution in [0.3, 0.4) is 0 Å². The average molecular weight is 478 g/mol. The molecule has 188 valence electrons. The lowest BCUT2D eigenvalue weighted by atomic mass is 9.67. The van der Waals surface area contributed by atoms with Crippen LogP contribution in [0.1, 0.15) is 99.4 Å². The van der Waals surface area contributed by atoms with Crippen LogP contribution in [0.15, 0.2) is 36.2 Å². The first kappa shape index (κ1) is 25.2. The highest BCUT2D eigenvalue weighted by Gasteiger charge is 2.46. The number of nitrogens with zero attached hydrogens (tertiary/aromatic N) is 2. The molecule has 6 heteroatoms. The van der Waals surface area contributed by atoms with Crippen molar-refractivity contribution in [1.82, 2.24) is 15.3 Å². The predicted octanol–water partition coefficient (Wildman–Crippen LogP) is 5.89. The Morgan fingerprint density at radius 1 is 1.20 bits per heavy atom. The number of benzene rings is 1. The maximum absolute atomic E-state index is 13.4. The molecule has 1 aromatic heterocycles. The molecule has 0 spiro atoms. The molecule has 2 aromatic rings. The Bertz CT molecular complexity index is 1080. The number of allylic oxidation sites excluding steroid dienone is 2. The van der Waals surface area contributed by atoms with Crippen molar-refractivity contribution in [2.75, 3.05) is 6.54 Å². The number of unbranched alkanes of at least 4 members (excludes halogenated alkanes) is 2. The highest BCUT2D eigenvalue weighted by atomic mass is 16.5. The van der Waals surface area contributed by atoms with Crippen LogP contribution in [0.2, 0.25) is 0 Å². The molecule has 0 bridgehead atoms. The van der Waals surface area contributed by atoms with Gasteiger partial charge in [-0.05, 0) is 70.6 Å². The van der Waals surface area contributed by atoms with Gasteiger partial charge in [-0.3, -0.25) is 4.79 Å². The van der Waals surface area contributed by atoms with Crippen LogP contribution in [0.25, 0.3) is 0 Å². The van der Waals surface area contributed by atoms with Crippen molar-refractivity contribution in [3.05, 3.63) is 58.7 Å². The number of aryl methyl sites for hydroxylation is 2. The van der Waals surface area contributed by atoms with Gasteiger partial charge in [0.25, 0.3) is 5.91 Å². The van der Waals surface area contributed by atoms with Crippen molar-refractivity contribution >= 4 is 5.91 Å². The van der Waals surface area contributed by atoms with Crippen LogP contribution < -0.4 is 10.1 Å². The monoisotopic (exact) mass is 477 g/mol. The smallest absolute Gasteiger partial charge is 0.255 e. The Morgan fingerprint density at radius 3 is 2.71 bits per heavy atom. The summed E-state index contributed by atoms with van der Waals surface area (Å²) in [5.41, 5.74) is 3.05. The molecule has 2 aliphatic rings. The third-order valence-corrected chi connectivity index (χ3v) is 7.49. The van der Waals surface area contributed by atoms with E-state index in [4.69, 9.17) is 4.74 Å². The molecule has 2 heterocycles. The fourth-order valence-electron chi connectivity index (χ4n) is 5.62. The maximum atomic E-state index is 13.4. The van der Waals surface area contributed by atoms with Gasteiger partial charge < -0.3 is 15.2 Å². The van der Waals surface area contributed by atoms with Gasteiger partial charge >= 0.3 is 0 Å². The lowest BCUT2D eigenvalue weighted by Gasteiger charge is -2.46. The molecule has 0 saturated carbocycles. The lowest BCUT2D eigenvalue weighted by Crippen LogP contribution is -2.45. The Labute approximate surface area is 209 Å². The predicted molar refractivity (Wildman–Crippen MR) is 138 cm³/mol. The molecule has 0 fully saturated rings. The van der Waals surface area contributed by atoms with E-state index in [0.717, 1.165) is 67.6 Å². The van der Waals surface area contributed by atoms with Gasteiger partial charge in [-0.25, -0.2) is 9.97 Å². The molecule has 1 aliphatic heterocycles. The second-order valence-corrected chi connectivity index (χ2v) is 10.5. The number of amides is 1. The first-order valence-electron chi connectivity index (χ1n) is 13.1. The number of aromatic nitrogens is 2. The van der Waals surface area contributed by atoms with Gasteiger partial charge in [-0.15, -0.1) is 0 Å². The molecular formula is C29H39N3O3. The van der Waals surface area contributed by atoms with Crippen molar-refractivity contribution in [2.24, 2.45) is 5.92 Å². The summed E-state index contributed by atoms with van der Waals surface area (Å²) in [6.45, 7) is 9.10. The van der Waals surface area contributed by atoms with E-state index in [1.54, 1.807) is 18.5 Å². The van der Waals surface area contributed by atoms with Gasteiger partial charge in [0.15, 0.2) is 0 Å². The number of rotatable bonds is 9. The zero-order valence-corrected chi connectivity index (χ0v) is 21.6. The summed E-state index contributed by atoms with van der Waals surface area (Å²) in [7, 11) is 0. The molecule has 1 aromatic carbocycles. The Hall–Kier alpha value is -2.89. The first-order valence-corrected chi connectivity index (χ1v) is 13.1. The van der Waals surface area contributed by atoms with Crippen molar-refractivity contribution < 1.29 is 14.6 Å². The van der Waals surface area contributed by atoms with Gasteiger partial charge in [0.05, 0.1) is 5.56 Å². The maximum Gasteiger partial charge on any atom is 0.255 e. The summed E-state index contributed by atoms with van der Waals surface area (Å²) in [5, 5.41) is 14.6. The molecule has 0 radical (unpaired) electrons. The van der Waals surface area contributed by atoms with Gasteiger partial charge in [-0.2, -0.15) is 0 Å². The number of phenols is 1. The molecule has 0 saturated heterocycles. The van der Waals surface area contributed by atoms with Gasteiger partial charge in [0.2, 0.25) is 0 Å². The van der Waals surface area contributed by atoms with E-state index in [1.165, 1.54) is 5.57 Å². The number of carbonyl (C=O) groups is 1. The van der Waals surface area contributed by atoms with Crippen molar-refractivity contribution in [3.8, 4) is 11.5 Å². The van der Waals surface area contributed by atoms with E-state index < -0.39 is 0 Å². The lowest BCUT2D eigenvalue weighted by molar-refractivity contribution is 0.0107. The fourth-order valence-corrected chi connectivity index (χ4v) is 5.62. The van der Waals surface area contributed by atoms with Crippen LogP contribution in [0.4, 0.5) is 0 Å². The van der Waals surface area contributed by atoms with E-state index in [2.05, 4.69) is 49.1 Å². The number of carbonyl (C=O) groups excluding carboxylic acids is 1. The number of aromatic hydroxyl groups is 1. The third kappa shape index (κ3) is 5.52. The second kappa shape index (κ2) is 10.8. The molecule has 6 nitrogen and oxygen atoms in total. The number of hydrogen-bond donors (Lipinski definition) is 2. The summed E-state index contributed by atoms with van der Waals surface area (Å²) >= 11 is 0. The van der Waals surface area contributed by atoms with E-state index in [9.17, 15) is 9.90 Å². The van der Waals surface area contributed by atoms with E-state index >= 15 is 0 Å². The van der Waals surface area contributed by atoms with Crippen LogP contribution in [-0.2, 0) is 12.8 Å².